The molecule has 1 amide bonds. The third-order valence-electron chi connectivity index (χ3n) is 4.10. The quantitative estimate of drug-likeness (QED) is 0.700. The van der Waals surface area contributed by atoms with Gasteiger partial charge < -0.3 is 20.0 Å². The van der Waals surface area contributed by atoms with Crippen molar-refractivity contribution < 1.29 is 24.2 Å². The van der Waals surface area contributed by atoms with Crippen LogP contribution >= 0.6 is 0 Å². The van der Waals surface area contributed by atoms with Gasteiger partial charge in [0.25, 0.3) is 0 Å². The molecule has 1 aromatic rings. The minimum Gasteiger partial charge on any atom is -0.481 e. The van der Waals surface area contributed by atoms with E-state index in [2.05, 4.69) is 10.3 Å². The molecule has 124 valence electrons. The molecule has 0 bridgehead atoms. The van der Waals surface area contributed by atoms with Gasteiger partial charge in [-0.25, -0.2) is 4.98 Å². The Balaban J connectivity index is 1.99. The van der Waals surface area contributed by atoms with Crippen LogP contribution in [0.1, 0.15) is 37.3 Å². The van der Waals surface area contributed by atoms with Crippen molar-refractivity contribution in [3.8, 4) is 5.88 Å². The molecular formula is C16H20N2O5. The number of carboxylic acids is 1. The van der Waals surface area contributed by atoms with Crippen molar-refractivity contribution in [1.82, 2.24) is 10.3 Å². The van der Waals surface area contributed by atoms with Crippen molar-refractivity contribution in [2.24, 2.45) is 11.8 Å². The Morgan fingerprint density at radius 2 is 2.22 bits per heavy atom. The van der Waals surface area contributed by atoms with E-state index in [0.717, 1.165) is 6.29 Å². The topological polar surface area (TPSA) is 106 Å². The Morgan fingerprint density at radius 3 is 2.74 bits per heavy atom. The van der Waals surface area contributed by atoms with Crippen LogP contribution in [0.2, 0.25) is 0 Å². The molecule has 0 saturated heterocycles. The fourth-order valence-electron chi connectivity index (χ4n) is 2.71. The monoisotopic (exact) mass is 320 g/mol. The van der Waals surface area contributed by atoms with Gasteiger partial charge in [0, 0.05) is 24.6 Å². The SMILES string of the molecule is COc1ccc(C(CC(=O)O)NC(=O)C2CC(CC=O)C2)cn1. The van der Waals surface area contributed by atoms with E-state index in [1.807, 2.05) is 0 Å². The summed E-state index contributed by atoms with van der Waals surface area (Å²) in [6.45, 7) is 0. The zero-order chi connectivity index (χ0) is 16.8. The molecule has 1 atom stereocenters. The Kier molecular flexibility index (Phi) is 5.67. The highest BCUT2D eigenvalue weighted by Crippen LogP contribution is 2.36. The van der Waals surface area contributed by atoms with Gasteiger partial charge in [0.2, 0.25) is 11.8 Å². The molecule has 1 aliphatic rings. The summed E-state index contributed by atoms with van der Waals surface area (Å²) in [5.74, 6) is -0.635. The van der Waals surface area contributed by atoms with Crippen LogP contribution < -0.4 is 10.1 Å². The van der Waals surface area contributed by atoms with E-state index in [0.29, 0.717) is 30.7 Å². The number of nitrogens with one attached hydrogen (secondary N) is 1. The first-order valence-corrected chi connectivity index (χ1v) is 7.49. The summed E-state index contributed by atoms with van der Waals surface area (Å²) in [6.07, 6.45) is 3.98. The zero-order valence-electron chi connectivity index (χ0n) is 12.9. The number of carboxylic acid groups (broad SMARTS) is 1. The molecular weight excluding hydrogens is 300 g/mol. The molecule has 1 unspecified atom stereocenters. The number of methoxy groups -OCH3 is 1. The standard InChI is InChI=1S/C16H20N2O5/c1-23-14-3-2-11(9-17-14)13(8-15(20)21)18-16(22)12-6-10(7-12)4-5-19/h2-3,5,9-10,12-13H,4,6-8H2,1H3,(H,18,22)(H,20,21). The van der Waals surface area contributed by atoms with Crippen LogP contribution in [0.5, 0.6) is 5.88 Å². The number of aldehydes is 1. The first kappa shape index (κ1) is 16.9. The van der Waals surface area contributed by atoms with Gasteiger partial charge in [0.1, 0.15) is 6.29 Å². The maximum absolute atomic E-state index is 12.2. The van der Waals surface area contributed by atoms with Crippen LogP contribution in [-0.4, -0.2) is 35.4 Å². The van der Waals surface area contributed by atoms with Gasteiger partial charge in [-0.05, 0) is 24.3 Å². The van der Waals surface area contributed by atoms with Crippen molar-refractivity contribution in [3.63, 3.8) is 0 Å². The van der Waals surface area contributed by atoms with Gasteiger partial charge in [-0.1, -0.05) is 6.07 Å². The highest BCUT2D eigenvalue weighted by Gasteiger charge is 2.35. The Bertz CT molecular complexity index is 566. The predicted molar refractivity (Wildman–Crippen MR) is 80.8 cm³/mol. The van der Waals surface area contributed by atoms with Crippen molar-refractivity contribution in [2.45, 2.75) is 31.7 Å². The van der Waals surface area contributed by atoms with Gasteiger partial charge in [-0.15, -0.1) is 0 Å². The molecule has 0 aromatic carbocycles. The predicted octanol–water partition coefficient (Wildman–Crippen LogP) is 1.34. The third-order valence-corrected chi connectivity index (χ3v) is 4.10. The maximum Gasteiger partial charge on any atom is 0.305 e. The molecule has 0 radical (unpaired) electrons. The minimum absolute atomic E-state index is 0.151. The number of carbonyl (C=O) groups excluding carboxylic acids is 2. The van der Waals surface area contributed by atoms with Gasteiger partial charge in [0.15, 0.2) is 0 Å². The normalized spacial score (nSPS) is 20.9. The fourth-order valence-corrected chi connectivity index (χ4v) is 2.71. The largest absolute Gasteiger partial charge is 0.481 e. The molecule has 1 heterocycles. The Hall–Kier alpha value is -2.44. The second kappa shape index (κ2) is 7.71. The summed E-state index contributed by atoms with van der Waals surface area (Å²) in [4.78, 5) is 37.7. The molecule has 7 nitrogen and oxygen atoms in total. The van der Waals surface area contributed by atoms with Crippen LogP contribution in [0.4, 0.5) is 0 Å². The maximum atomic E-state index is 12.2. The van der Waals surface area contributed by atoms with E-state index < -0.39 is 12.0 Å². The lowest BCUT2D eigenvalue weighted by Crippen LogP contribution is -2.41. The molecule has 1 saturated carbocycles. The molecule has 1 fully saturated rings. The molecule has 23 heavy (non-hydrogen) atoms. The van der Waals surface area contributed by atoms with Gasteiger partial charge in [-0.3, -0.25) is 9.59 Å². The number of nitrogens with zero attached hydrogens (tertiary/aromatic N) is 1. The molecule has 1 aliphatic carbocycles. The highest BCUT2D eigenvalue weighted by molar-refractivity contribution is 5.81. The molecule has 0 aliphatic heterocycles. The lowest BCUT2D eigenvalue weighted by Gasteiger charge is -2.34. The summed E-state index contributed by atoms with van der Waals surface area (Å²) >= 11 is 0. The summed E-state index contributed by atoms with van der Waals surface area (Å²) in [6, 6.07) is 2.68. The number of amides is 1. The lowest BCUT2D eigenvalue weighted by atomic mass is 9.73. The average Bonchev–Trinajstić information content (AvgIpc) is 2.49. The molecule has 0 spiro atoms. The zero-order valence-corrected chi connectivity index (χ0v) is 12.9. The fraction of sp³-hybridized carbons (Fsp3) is 0.500. The number of aromatic nitrogens is 1. The molecule has 2 N–H and O–H groups in total. The summed E-state index contributed by atoms with van der Waals surface area (Å²) in [5.41, 5.74) is 0.616. The van der Waals surface area contributed by atoms with E-state index in [1.165, 1.54) is 13.3 Å². The third kappa shape index (κ3) is 4.51. The first-order valence-electron chi connectivity index (χ1n) is 7.49. The summed E-state index contributed by atoms with van der Waals surface area (Å²) < 4.78 is 4.97. The van der Waals surface area contributed by atoms with Crippen molar-refractivity contribution in [1.29, 1.82) is 0 Å². The van der Waals surface area contributed by atoms with Crippen molar-refractivity contribution in [2.75, 3.05) is 7.11 Å². The number of pyridine rings is 1. The first-order chi connectivity index (χ1) is 11.0. The second-order valence-electron chi connectivity index (χ2n) is 5.73. The number of rotatable bonds is 8. The lowest BCUT2D eigenvalue weighted by molar-refractivity contribution is -0.138. The summed E-state index contributed by atoms with van der Waals surface area (Å²) in [7, 11) is 1.49. The van der Waals surface area contributed by atoms with Crippen LogP contribution in [-0.2, 0) is 14.4 Å². The van der Waals surface area contributed by atoms with E-state index >= 15 is 0 Å². The number of hydrogen-bond donors (Lipinski definition) is 2. The van der Waals surface area contributed by atoms with Crippen LogP contribution in [0.15, 0.2) is 18.3 Å². The number of hydrogen-bond acceptors (Lipinski definition) is 5. The molecule has 7 heteroatoms. The van der Waals surface area contributed by atoms with Gasteiger partial charge in [-0.2, -0.15) is 0 Å². The van der Waals surface area contributed by atoms with Crippen LogP contribution in [0.3, 0.4) is 0 Å². The van der Waals surface area contributed by atoms with E-state index in [1.54, 1.807) is 12.1 Å². The number of ether oxygens (including phenoxy) is 1. The van der Waals surface area contributed by atoms with E-state index in [-0.39, 0.29) is 24.2 Å². The van der Waals surface area contributed by atoms with E-state index in [4.69, 9.17) is 9.84 Å². The Morgan fingerprint density at radius 1 is 1.48 bits per heavy atom. The molecule has 1 aromatic heterocycles. The van der Waals surface area contributed by atoms with Gasteiger partial charge >= 0.3 is 5.97 Å². The van der Waals surface area contributed by atoms with Gasteiger partial charge in [0.05, 0.1) is 19.6 Å². The van der Waals surface area contributed by atoms with Crippen LogP contribution in [0, 0.1) is 11.8 Å². The van der Waals surface area contributed by atoms with Crippen LogP contribution in [0.25, 0.3) is 0 Å². The summed E-state index contributed by atoms with van der Waals surface area (Å²) in [5, 5.41) is 11.8. The van der Waals surface area contributed by atoms with Crippen molar-refractivity contribution in [3.05, 3.63) is 23.9 Å². The van der Waals surface area contributed by atoms with Crippen molar-refractivity contribution >= 4 is 18.2 Å². The minimum atomic E-state index is -1.00. The van der Waals surface area contributed by atoms with E-state index in [9.17, 15) is 14.4 Å². The Labute approximate surface area is 134 Å². The smallest absolute Gasteiger partial charge is 0.305 e. The highest BCUT2D eigenvalue weighted by atomic mass is 16.5. The number of aliphatic carboxylic acids is 1. The molecule has 2 rings (SSSR count). The second-order valence-corrected chi connectivity index (χ2v) is 5.73. The average molecular weight is 320 g/mol. The number of carbonyl (C=O) groups is 3.